The molecule has 2 heterocycles. The van der Waals surface area contributed by atoms with E-state index in [1.54, 1.807) is 48.1 Å². The zero-order valence-corrected chi connectivity index (χ0v) is 13.2. The second-order valence-electron chi connectivity index (χ2n) is 5.08. The highest BCUT2D eigenvalue weighted by Crippen LogP contribution is 2.17. The Labute approximate surface area is 138 Å². The van der Waals surface area contributed by atoms with Gasteiger partial charge >= 0.3 is 5.97 Å². The fraction of sp³-hybridized carbons (Fsp3) is 0.235. The van der Waals surface area contributed by atoms with Crippen molar-refractivity contribution in [2.45, 2.75) is 13.3 Å². The molecule has 1 aromatic heterocycles. The number of rotatable bonds is 5. The first-order valence-corrected chi connectivity index (χ1v) is 7.65. The number of esters is 1. The Balaban J connectivity index is 1.75. The first-order chi connectivity index (χ1) is 11.7. The number of carbonyl (C=O) groups is 2. The van der Waals surface area contributed by atoms with Crippen molar-refractivity contribution in [1.82, 2.24) is 9.78 Å². The van der Waals surface area contributed by atoms with Crippen LogP contribution in [0.25, 0.3) is 5.69 Å². The average molecular weight is 327 g/mol. The van der Waals surface area contributed by atoms with Gasteiger partial charge < -0.3 is 14.8 Å². The maximum absolute atomic E-state index is 12.0. The van der Waals surface area contributed by atoms with Crippen LogP contribution in [0.5, 0.6) is 0 Å². The minimum atomic E-state index is -0.467. The monoisotopic (exact) mass is 327 g/mol. The lowest BCUT2D eigenvalue weighted by Gasteiger charge is -2.08. The summed E-state index contributed by atoms with van der Waals surface area (Å²) in [6.07, 6.45) is 4.17. The van der Waals surface area contributed by atoms with Crippen LogP contribution in [0, 0.1) is 0 Å². The van der Waals surface area contributed by atoms with Gasteiger partial charge in [-0.3, -0.25) is 4.79 Å². The molecule has 0 fully saturated rings. The van der Waals surface area contributed by atoms with Gasteiger partial charge in [0.05, 0.1) is 18.9 Å². The van der Waals surface area contributed by atoms with Gasteiger partial charge in [0, 0.05) is 18.3 Å². The average Bonchev–Trinajstić information content (AvgIpc) is 3.27. The highest BCUT2D eigenvalue weighted by atomic mass is 16.5. The number of nitrogens with zero attached hydrogens (tertiary/aromatic N) is 2. The lowest BCUT2D eigenvalue weighted by atomic mass is 10.2. The maximum atomic E-state index is 12.0. The molecule has 2 aromatic rings. The van der Waals surface area contributed by atoms with Gasteiger partial charge in [0.2, 0.25) is 0 Å². The van der Waals surface area contributed by atoms with Crippen LogP contribution in [-0.2, 0) is 14.3 Å². The van der Waals surface area contributed by atoms with E-state index in [4.69, 9.17) is 9.47 Å². The van der Waals surface area contributed by atoms with Crippen LogP contribution in [0.2, 0.25) is 0 Å². The number of amides is 1. The molecule has 0 aliphatic carbocycles. The van der Waals surface area contributed by atoms with Crippen molar-refractivity contribution in [3.8, 4) is 5.69 Å². The first kappa shape index (κ1) is 15.8. The van der Waals surface area contributed by atoms with Crippen molar-refractivity contribution in [2.75, 3.05) is 18.5 Å². The molecular formula is C17H17N3O4. The predicted octanol–water partition coefficient (Wildman–Crippen LogP) is 2.29. The Kier molecular flexibility index (Phi) is 4.60. The summed E-state index contributed by atoms with van der Waals surface area (Å²) in [5, 5.41) is 6.97. The largest absolute Gasteiger partial charge is 0.488 e. The fourth-order valence-corrected chi connectivity index (χ4v) is 2.28. The molecule has 0 bridgehead atoms. The minimum Gasteiger partial charge on any atom is -0.488 e. The van der Waals surface area contributed by atoms with Crippen molar-refractivity contribution < 1.29 is 19.1 Å². The Morgan fingerprint density at radius 1 is 1.38 bits per heavy atom. The number of benzene rings is 1. The third kappa shape index (κ3) is 3.45. The second kappa shape index (κ2) is 6.99. The summed E-state index contributed by atoms with van der Waals surface area (Å²) in [6.45, 7) is 2.57. The van der Waals surface area contributed by atoms with E-state index in [1.165, 1.54) is 0 Å². The van der Waals surface area contributed by atoms with Gasteiger partial charge in [-0.2, -0.15) is 5.10 Å². The molecule has 0 saturated carbocycles. The Hall–Kier alpha value is -3.09. The molecule has 24 heavy (non-hydrogen) atoms. The van der Waals surface area contributed by atoms with Crippen molar-refractivity contribution in [3.63, 3.8) is 0 Å². The van der Waals surface area contributed by atoms with Gasteiger partial charge in [0.1, 0.15) is 0 Å². The summed E-state index contributed by atoms with van der Waals surface area (Å²) in [4.78, 5) is 23.7. The zero-order valence-electron chi connectivity index (χ0n) is 13.2. The zero-order chi connectivity index (χ0) is 16.9. The summed E-state index contributed by atoms with van der Waals surface area (Å²) >= 11 is 0. The van der Waals surface area contributed by atoms with Crippen LogP contribution in [0.4, 0.5) is 5.69 Å². The summed E-state index contributed by atoms with van der Waals surface area (Å²) in [6, 6.07) is 8.73. The van der Waals surface area contributed by atoms with Crippen LogP contribution in [0.15, 0.2) is 48.4 Å². The van der Waals surface area contributed by atoms with E-state index in [2.05, 4.69) is 10.4 Å². The fourth-order valence-electron chi connectivity index (χ4n) is 2.28. The molecule has 0 unspecified atom stereocenters. The molecule has 0 atom stereocenters. The molecule has 1 aliphatic heterocycles. The van der Waals surface area contributed by atoms with E-state index in [0.29, 0.717) is 30.3 Å². The summed E-state index contributed by atoms with van der Waals surface area (Å²) in [5.74, 6) is -0.410. The molecular weight excluding hydrogens is 310 g/mol. The summed E-state index contributed by atoms with van der Waals surface area (Å²) in [5.41, 5.74) is 1.56. The standard InChI is InChI=1S/C17H17N3O4/c1-2-23-17(22)14-8-9-20(19-14)13-6-3-5-12(11-13)18-16(21)15-7-4-10-24-15/h3,5-9,11H,2,4,10H2,1H3,(H,18,21). The second-order valence-corrected chi connectivity index (χ2v) is 5.08. The van der Waals surface area contributed by atoms with E-state index in [1.807, 2.05) is 6.07 Å². The van der Waals surface area contributed by atoms with Gasteiger partial charge in [-0.15, -0.1) is 0 Å². The van der Waals surface area contributed by atoms with Gasteiger partial charge in [-0.25, -0.2) is 9.48 Å². The molecule has 1 aromatic carbocycles. The molecule has 3 rings (SSSR count). The van der Waals surface area contributed by atoms with Crippen LogP contribution < -0.4 is 5.32 Å². The number of anilines is 1. The molecule has 0 radical (unpaired) electrons. The van der Waals surface area contributed by atoms with Crippen LogP contribution in [-0.4, -0.2) is 34.9 Å². The normalized spacial score (nSPS) is 13.1. The third-order valence-corrected chi connectivity index (χ3v) is 3.37. The lowest BCUT2D eigenvalue weighted by Crippen LogP contribution is -2.14. The van der Waals surface area contributed by atoms with E-state index in [-0.39, 0.29) is 11.6 Å². The van der Waals surface area contributed by atoms with Gasteiger partial charge in [0.25, 0.3) is 5.91 Å². The van der Waals surface area contributed by atoms with Crippen LogP contribution in [0.1, 0.15) is 23.8 Å². The summed E-state index contributed by atoms with van der Waals surface area (Å²) in [7, 11) is 0. The first-order valence-electron chi connectivity index (χ1n) is 7.65. The molecule has 0 spiro atoms. The van der Waals surface area contributed by atoms with E-state index in [0.717, 1.165) is 6.42 Å². The van der Waals surface area contributed by atoms with Crippen molar-refractivity contribution >= 4 is 17.6 Å². The molecule has 0 saturated heterocycles. The van der Waals surface area contributed by atoms with Gasteiger partial charge in [-0.05, 0) is 37.3 Å². The Morgan fingerprint density at radius 2 is 2.25 bits per heavy atom. The lowest BCUT2D eigenvalue weighted by molar-refractivity contribution is -0.115. The number of aromatic nitrogens is 2. The number of hydrogen-bond acceptors (Lipinski definition) is 5. The van der Waals surface area contributed by atoms with E-state index in [9.17, 15) is 9.59 Å². The quantitative estimate of drug-likeness (QED) is 0.852. The van der Waals surface area contributed by atoms with Crippen molar-refractivity contribution in [2.24, 2.45) is 0 Å². The topological polar surface area (TPSA) is 82.5 Å². The molecule has 124 valence electrons. The molecule has 1 aliphatic rings. The van der Waals surface area contributed by atoms with Crippen molar-refractivity contribution in [3.05, 3.63) is 54.1 Å². The number of hydrogen-bond donors (Lipinski definition) is 1. The van der Waals surface area contributed by atoms with E-state index < -0.39 is 5.97 Å². The highest BCUT2D eigenvalue weighted by Gasteiger charge is 2.15. The maximum Gasteiger partial charge on any atom is 0.358 e. The van der Waals surface area contributed by atoms with E-state index >= 15 is 0 Å². The third-order valence-electron chi connectivity index (χ3n) is 3.37. The number of nitrogens with one attached hydrogen (secondary N) is 1. The Bertz CT molecular complexity index is 795. The van der Waals surface area contributed by atoms with Crippen LogP contribution in [0.3, 0.4) is 0 Å². The smallest absolute Gasteiger partial charge is 0.358 e. The summed E-state index contributed by atoms with van der Waals surface area (Å²) < 4.78 is 11.7. The SMILES string of the molecule is CCOC(=O)c1ccn(-c2cccc(NC(=O)C3=CCCO3)c2)n1. The number of carbonyl (C=O) groups excluding carboxylic acids is 2. The van der Waals surface area contributed by atoms with Gasteiger partial charge in [0.15, 0.2) is 11.5 Å². The molecule has 1 amide bonds. The van der Waals surface area contributed by atoms with Crippen LogP contribution >= 0.6 is 0 Å². The highest BCUT2D eigenvalue weighted by molar-refractivity contribution is 6.02. The number of ether oxygens (including phenoxy) is 2. The molecule has 7 heteroatoms. The minimum absolute atomic E-state index is 0.232. The van der Waals surface area contributed by atoms with Crippen molar-refractivity contribution in [1.29, 1.82) is 0 Å². The predicted molar refractivity (Wildman–Crippen MR) is 86.8 cm³/mol. The Morgan fingerprint density at radius 3 is 3.00 bits per heavy atom. The molecule has 7 nitrogen and oxygen atoms in total. The molecule has 1 N–H and O–H groups in total. The van der Waals surface area contributed by atoms with Gasteiger partial charge in [-0.1, -0.05) is 6.07 Å².